The van der Waals surface area contributed by atoms with E-state index in [1.807, 2.05) is 44.4 Å². The highest BCUT2D eigenvalue weighted by atomic mass is 16.2. The Morgan fingerprint density at radius 2 is 1.93 bits per heavy atom. The summed E-state index contributed by atoms with van der Waals surface area (Å²) in [5, 5.41) is 8.50. The second kappa shape index (κ2) is 8.55. The quantitative estimate of drug-likeness (QED) is 0.734. The van der Waals surface area contributed by atoms with E-state index in [1.54, 1.807) is 17.0 Å². The minimum absolute atomic E-state index is 0.117. The zero-order valence-corrected chi connectivity index (χ0v) is 15.7. The third-order valence-electron chi connectivity index (χ3n) is 4.32. The van der Waals surface area contributed by atoms with Crippen molar-refractivity contribution >= 4 is 23.4 Å². The topological polar surface area (TPSA) is 76.7 Å². The van der Waals surface area contributed by atoms with Crippen LogP contribution in [0.1, 0.15) is 11.1 Å². The van der Waals surface area contributed by atoms with Crippen molar-refractivity contribution in [3.05, 3.63) is 59.7 Å². The van der Waals surface area contributed by atoms with E-state index in [4.69, 9.17) is 0 Å². The fourth-order valence-electron chi connectivity index (χ4n) is 3.05. The van der Waals surface area contributed by atoms with Crippen LogP contribution in [0.4, 0.5) is 21.0 Å². The highest BCUT2D eigenvalue weighted by molar-refractivity contribution is 5.95. The average Bonchev–Trinajstić information content (AvgIpc) is 3.07. The van der Waals surface area contributed by atoms with Gasteiger partial charge >= 0.3 is 12.1 Å². The summed E-state index contributed by atoms with van der Waals surface area (Å²) in [4.78, 5) is 27.8. The van der Waals surface area contributed by atoms with Gasteiger partial charge in [-0.1, -0.05) is 30.3 Å². The van der Waals surface area contributed by atoms with Gasteiger partial charge in [-0.15, -0.1) is 0 Å². The Bertz CT molecular complexity index is 822. The number of benzene rings is 2. The number of urea groups is 2. The first-order chi connectivity index (χ1) is 13.0. The summed E-state index contributed by atoms with van der Waals surface area (Å²) < 4.78 is 0. The molecular weight excluding hydrogens is 342 g/mol. The molecule has 1 fully saturated rings. The SMILES string of the molecule is CN(C)Cc1ccccc1CNC(=O)Nc1cccc(N2CCNC2=O)c1. The number of anilines is 2. The van der Waals surface area contributed by atoms with Gasteiger partial charge in [0.2, 0.25) is 0 Å². The van der Waals surface area contributed by atoms with Crippen LogP contribution < -0.4 is 20.9 Å². The standard InChI is InChI=1S/C20H25N5O2/c1-24(2)14-16-7-4-3-6-15(16)13-22-19(26)23-17-8-5-9-18(12-17)25-11-10-21-20(25)27/h3-9,12H,10-11,13-14H2,1-2H3,(H,21,27)(H2,22,23,26). The monoisotopic (exact) mass is 367 g/mol. The minimum Gasteiger partial charge on any atom is -0.336 e. The molecule has 27 heavy (non-hydrogen) atoms. The lowest BCUT2D eigenvalue weighted by atomic mass is 10.1. The molecule has 0 aliphatic carbocycles. The molecule has 0 spiro atoms. The molecule has 2 aromatic carbocycles. The number of carbonyl (C=O) groups is 2. The number of nitrogens with one attached hydrogen (secondary N) is 3. The molecule has 7 nitrogen and oxygen atoms in total. The van der Waals surface area contributed by atoms with Gasteiger partial charge in [-0.2, -0.15) is 0 Å². The fourth-order valence-corrected chi connectivity index (χ4v) is 3.05. The van der Waals surface area contributed by atoms with Crippen molar-refractivity contribution < 1.29 is 9.59 Å². The van der Waals surface area contributed by atoms with Crippen LogP contribution in [0.25, 0.3) is 0 Å². The van der Waals surface area contributed by atoms with Gasteiger partial charge < -0.3 is 20.9 Å². The number of rotatable bonds is 6. The maximum atomic E-state index is 12.3. The Kier molecular flexibility index (Phi) is 5.93. The van der Waals surface area contributed by atoms with Crippen LogP contribution in [-0.4, -0.2) is 44.1 Å². The van der Waals surface area contributed by atoms with Gasteiger partial charge in [0.05, 0.1) is 0 Å². The molecule has 1 aliphatic rings. The van der Waals surface area contributed by atoms with Crippen molar-refractivity contribution in [3.8, 4) is 0 Å². The number of nitrogens with zero attached hydrogens (tertiary/aromatic N) is 2. The summed E-state index contributed by atoms with van der Waals surface area (Å²) in [6.07, 6.45) is 0. The van der Waals surface area contributed by atoms with Crippen molar-refractivity contribution in [2.75, 3.05) is 37.4 Å². The fraction of sp³-hybridized carbons (Fsp3) is 0.300. The Labute approximate surface area is 159 Å². The second-order valence-electron chi connectivity index (χ2n) is 6.75. The molecule has 0 bridgehead atoms. The second-order valence-corrected chi connectivity index (χ2v) is 6.75. The van der Waals surface area contributed by atoms with Crippen LogP contribution in [0.3, 0.4) is 0 Å². The first-order valence-electron chi connectivity index (χ1n) is 8.95. The van der Waals surface area contributed by atoms with Gasteiger partial charge in [0.25, 0.3) is 0 Å². The lowest BCUT2D eigenvalue weighted by molar-refractivity contribution is 0.251. The molecule has 0 unspecified atom stereocenters. The maximum Gasteiger partial charge on any atom is 0.321 e. The first-order valence-corrected chi connectivity index (χ1v) is 8.95. The summed E-state index contributed by atoms with van der Waals surface area (Å²) >= 11 is 0. The van der Waals surface area contributed by atoms with E-state index in [-0.39, 0.29) is 12.1 Å². The highest BCUT2D eigenvalue weighted by Crippen LogP contribution is 2.21. The van der Waals surface area contributed by atoms with Crippen molar-refractivity contribution in [1.82, 2.24) is 15.5 Å². The number of carbonyl (C=O) groups excluding carboxylic acids is 2. The predicted molar refractivity (Wildman–Crippen MR) is 107 cm³/mol. The van der Waals surface area contributed by atoms with Crippen LogP contribution in [0, 0.1) is 0 Å². The summed E-state index contributed by atoms with van der Waals surface area (Å²) in [7, 11) is 4.04. The van der Waals surface area contributed by atoms with Crippen molar-refractivity contribution in [2.24, 2.45) is 0 Å². The largest absolute Gasteiger partial charge is 0.336 e. The molecule has 1 aliphatic heterocycles. The number of amides is 4. The van der Waals surface area contributed by atoms with Crippen LogP contribution in [0.2, 0.25) is 0 Å². The summed E-state index contributed by atoms with van der Waals surface area (Å²) in [6.45, 7) is 2.52. The van der Waals surface area contributed by atoms with Crippen molar-refractivity contribution in [1.29, 1.82) is 0 Å². The number of hydrogen-bond donors (Lipinski definition) is 3. The zero-order valence-electron chi connectivity index (χ0n) is 15.7. The van der Waals surface area contributed by atoms with Gasteiger partial charge in [-0.3, -0.25) is 4.90 Å². The molecule has 1 heterocycles. The lowest BCUT2D eigenvalue weighted by Gasteiger charge is -2.16. The molecule has 2 aromatic rings. The molecule has 0 saturated carbocycles. The Balaban J connectivity index is 1.59. The van der Waals surface area contributed by atoms with E-state index < -0.39 is 0 Å². The molecule has 4 amide bonds. The third-order valence-corrected chi connectivity index (χ3v) is 4.32. The Morgan fingerprint density at radius 1 is 1.15 bits per heavy atom. The van der Waals surface area contributed by atoms with Gasteiger partial charge in [0.1, 0.15) is 0 Å². The molecule has 142 valence electrons. The Hall–Kier alpha value is -3.06. The molecule has 7 heteroatoms. The van der Waals surface area contributed by atoms with Crippen LogP contribution in [0.15, 0.2) is 48.5 Å². The van der Waals surface area contributed by atoms with Crippen molar-refractivity contribution in [3.63, 3.8) is 0 Å². The normalized spacial score (nSPS) is 13.6. The first kappa shape index (κ1) is 18.7. The molecule has 0 aromatic heterocycles. The van der Waals surface area contributed by atoms with E-state index >= 15 is 0 Å². The van der Waals surface area contributed by atoms with Gasteiger partial charge in [0, 0.05) is 37.6 Å². The van der Waals surface area contributed by atoms with E-state index in [0.29, 0.717) is 25.3 Å². The maximum absolute atomic E-state index is 12.3. The van der Waals surface area contributed by atoms with Crippen molar-refractivity contribution in [2.45, 2.75) is 13.1 Å². The van der Waals surface area contributed by atoms with E-state index in [0.717, 1.165) is 17.8 Å². The molecule has 3 N–H and O–H groups in total. The smallest absolute Gasteiger partial charge is 0.321 e. The van der Waals surface area contributed by atoms with Crippen LogP contribution in [0.5, 0.6) is 0 Å². The molecule has 0 atom stereocenters. The van der Waals surface area contributed by atoms with E-state index in [9.17, 15) is 9.59 Å². The molecular formula is C20H25N5O2. The van der Waals surface area contributed by atoms with Crippen LogP contribution >= 0.6 is 0 Å². The predicted octanol–water partition coefficient (Wildman–Crippen LogP) is 2.60. The molecule has 1 saturated heterocycles. The van der Waals surface area contributed by atoms with Gasteiger partial charge in [0.15, 0.2) is 0 Å². The molecule has 0 radical (unpaired) electrons. The van der Waals surface area contributed by atoms with E-state index in [2.05, 4.69) is 26.9 Å². The zero-order chi connectivity index (χ0) is 19.2. The molecule has 3 rings (SSSR count). The lowest BCUT2D eigenvalue weighted by Crippen LogP contribution is -2.29. The minimum atomic E-state index is -0.280. The number of hydrogen-bond acceptors (Lipinski definition) is 3. The van der Waals surface area contributed by atoms with Crippen LogP contribution in [-0.2, 0) is 13.1 Å². The highest BCUT2D eigenvalue weighted by Gasteiger charge is 2.21. The summed E-state index contributed by atoms with van der Waals surface area (Å²) in [6, 6.07) is 14.9. The summed E-state index contributed by atoms with van der Waals surface area (Å²) in [5.74, 6) is 0. The average molecular weight is 367 g/mol. The summed E-state index contributed by atoms with van der Waals surface area (Å²) in [5.41, 5.74) is 3.68. The van der Waals surface area contributed by atoms with Gasteiger partial charge in [-0.25, -0.2) is 9.59 Å². The van der Waals surface area contributed by atoms with Gasteiger partial charge in [-0.05, 0) is 43.4 Å². The third kappa shape index (κ3) is 4.98. The van der Waals surface area contributed by atoms with E-state index in [1.165, 1.54) is 5.56 Å². The Morgan fingerprint density at radius 3 is 2.63 bits per heavy atom.